The van der Waals surface area contributed by atoms with Crippen molar-refractivity contribution < 1.29 is 45.8 Å². The highest BCUT2D eigenvalue weighted by Crippen LogP contribution is 2.40. The summed E-state index contributed by atoms with van der Waals surface area (Å²) in [4.78, 5) is 23.7. The van der Waals surface area contributed by atoms with E-state index < -0.39 is 18.5 Å². The third kappa shape index (κ3) is 8.40. The Morgan fingerprint density at radius 3 is 2.24 bits per heavy atom. The van der Waals surface area contributed by atoms with E-state index in [4.69, 9.17) is 21.5 Å². The van der Waals surface area contributed by atoms with Crippen LogP contribution in [0.25, 0.3) is 22.4 Å². The maximum Gasteiger partial charge on any atom is 0.573 e. The van der Waals surface area contributed by atoms with Gasteiger partial charge in [0.25, 0.3) is 5.91 Å². The van der Waals surface area contributed by atoms with E-state index in [2.05, 4.69) is 15.0 Å². The lowest BCUT2D eigenvalue weighted by Crippen LogP contribution is -2.39. The second-order valence-corrected chi connectivity index (χ2v) is 9.69. The number of carbonyl (C=O) groups is 2. The summed E-state index contributed by atoms with van der Waals surface area (Å²) < 4.78 is 76.3. The summed E-state index contributed by atoms with van der Waals surface area (Å²) in [7, 11) is 3.97. The molecule has 1 aromatic heterocycles. The van der Waals surface area contributed by atoms with Gasteiger partial charge in [-0.25, -0.2) is 4.79 Å². The number of nitrogens with one attached hydrogen (secondary N) is 1. The van der Waals surface area contributed by atoms with Gasteiger partial charge in [0.15, 0.2) is 0 Å². The monoisotopic (exact) mass is 605 g/mol. The number of aliphatic carboxylic acids is 1. The molecule has 3 aromatic rings. The molecule has 1 atom stereocenters. The van der Waals surface area contributed by atoms with Gasteiger partial charge < -0.3 is 24.6 Å². The molecule has 0 radical (unpaired) electrons. The lowest BCUT2D eigenvalue weighted by Gasteiger charge is -2.28. The lowest BCUT2D eigenvalue weighted by molar-refractivity contribution is -0.274. The van der Waals surface area contributed by atoms with Gasteiger partial charge in [-0.05, 0) is 55.4 Å². The van der Waals surface area contributed by atoms with Gasteiger partial charge in [-0.3, -0.25) is 4.79 Å². The van der Waals surface area contributed by atoms with Crippen LogP contribution >= 0.6 is 11.6 Å². The van der Waals surface area contributed by atoms with Crippen LogP contribution in [0.2, 0.25) is 0 Å². The summed E-state index contributed by atoms with van der Waals surface area (Å²) in [6.45, 7) is 1.20. The maximum atomic E-state index is 12.8. The van der Waals surface area contributed by atoms with E-state index in [-0.39, 0.29) is 17.7 Å². The number of carbonyl (C=O) groups excluding carboxylic acids is 1. The number of rotatable bonds is 7. The van der Waals surface area contributed by atoms with Crippen molar-refractivity contribution in [2.75, 3.05) is 26.5 Å². The summed E-state index contributed by atoms with van der Waals surface area (Å²) in [5.74, 6) is -2.90. The van der Waals surface area contributed by atoms with E-state index in [1.165, 1.54) is 18.2 Å². The van der Waals surface area contributed by atoms with Gasteiger partial charge in [0, 0.05) is 24.5 Å². The molecule has 1 unspecified atom stereocenters. The Hall–Kier alpha value is -3.71. The second kappa shape index (κ2) is 12.9. The third-order valence-corrected chi connectivity index (χ3v) is 6.14. The van der Waals surface area contributed by atoms with Crippen molar-refractivity contribution in [2.24, 2.45) is 0 Å². The molecule has 7 nitrogen and oxygen atoms in total. The number of hydrogen-bond donors (Lipinski definition) is 2. The minimum atomic E-state index is -5.08. The molecule has 0 aliphatic carbocycles. The van der Waals surface area contributed by atoms with Gasteiger partial charge in [-0.15, -0.1) is 24.8 Å². The van der Waals surface area contributed by atoms with E-state index in [9.17, 15) is 31.1 Å². The predicted octanol–water partition coefficient (Wildman–Crippen LogP) is 6.33. The molecule has 2 heterocycles. The molecule has 1 amide bonds. The van der Waals surface area contributed by atoms with Crippen molar-refractivity contribution >= 4 is 23.5 Å². The molecule has 222 valence electrons. The summed E-state index contributed by atoms with van der Waals surface area (Å²) in [6.07, 6.45) is -9.25. The minimum Gasteiger partial charge on any atom is -0.475 e. The van der Waals surface area contributed by atoms with Crippen molar-refractivity contribution in [1.82, 2.24) is 14.8 Å². The molecule has 0 bridgehead atoms. The molecule has 0 saturated heterocycles. The summed E-state index contributed by atoms with van der Waals surface area (Å²) in [5, 5.41) is 10.0. The second-order valence-electron chi connectivity index (χ2n) is 9.32. The Morgan fingerprint density at radius 2 is 1.71 bits per heavy atom. The standard InChI is InChI=1S/C25H25ClF3N3O2.C2HF3O2/c1-31(2)15-16-6-8-17(9-7-16)23-21(18-4-3-5-20(12-18)34-25(27,28)29)13-22-24(33)30-14-19(10-11-26)32(22)23;3-2(4,5)1(6)7/h3-9,12-13,19H,10-11,14-15H2,1-2H3,(H,30,33);(H,6,7). The van der Waals surface area contributed by atoms with Crippen molar-refractivity contribution in [2.45, 2.75) is 31.5 Å². The number of hydrogen-bond acceptors (Lipinski definition) is 4. The van der Waals surface area contributed by atoms with Gasteiger partial charge >= 0.3 is 18.5 Å². The Kier molecular flexibility index (Phi) is 9.98. The molecule has 4 rings (SSSR count). The number of halogens is 7. The van der Waals surface area contributed by atoms with Gasteiger partial charge in [0.2, 0.25) is 0 Å². The molecule has 1 aliphatic rings. The molecule has 0 spiro atoms. The summed E-state index contributed by atoms with van der Waals surface area (Å²) in [6, 6.07) is 15.4. The average Bonchev–Trinajstić information content (AvgIpc) is 3.27. The molecule has 14 heteroatoms. The lowest BCUT2D eigenvalue weighted by atomic mass is 9.99. The van der Waals surface area contributed by atoms with Crippen LogP contribution < -0.4 is 10.1 Å². The number of amides is 1. The van der Waals surface area contributed by atoms with Crippen LogP contribution in [0.4, 0.5) is 26.3 Å². The average molecular weight is 606 g/mol. The van der Waals surface area contributed by atoms with Gasteiger partial charge in [0.05, 0.1) is 11.7 Å². The van der Waals surface area contributed by atoms with Crippen LogP contribution in [-0.2, 0) is 11.3 Å². The zero-order valence-electron chi connectivity index (χ0n) is 21.8. The van der Waals surface area contributed by atoms with Crippen LogP contribution in [-0.4, -0.2) is 65.5 Å². The number of carboxylic acid groups (broad SMARTS) is 1. The maximum absolute atomic E-state index is 12.8. The van der Waals surface area contributed by atoms with Gasteiger partial charge in [0.1, 0.15) is 11.4 Å². The zero-order chi connectivity index (χ0) is 30.5. The molecular formula is C27H26ClF6N3O4. The zero-order valence-corrected chi connectivity index (χ0v) is 22.6. The molecular weight excluding hydrogens is 580 g/mol. The van der Waals surface area contributed by atoms with Crippen molar-refractivity contribution in [3.8, 4) is 28.1 Å². The normalized spacial score (nSPS) is 15.1. The number of nitrogens with zero attached hydrogens (tertiary/aromatic N) is 2. The van der Waals surface area contributed by atoms with Crippen LogP contribution in [0.15, 0.2) is 54.6 Å². The first-order chi connectivity index (χ1) is 19.1. The number of benzene rings is 2. The van der Waals surface area contributed by atoms with E-state index in [1.54, 1.807) is 12.1 Å². The number of carboxylic acids is 1. The first-order valence-corrected chi connectivity index (χ1v) is 12.6. The minimum absolute atomic E-state index is 0.0787. The number of ether oxygens (including phenoxy) is 1. The number of fused-ring (bicyclic) bond motifs is 1. The summed E-state index contributed by atoms with van der Waals surface area (Å²) in [5.41, 5.74) is 4.37. The van der Waals surface area contributed by atoms with Gasteiger partial charge in [-0.2, -0.15) is 13.2 Å². The van der Waals surface area contributed by atoms with Crippen LogP contribution in [0.3, 0.4) is 0 Å². The highest BCUT2D eigenvalue weighted by molar-refractivity contribution is 6.17. The van der Waals surface area contributed by atoms with Crippen LogP contribution in [0.1, 0.15) is 28.5 Å². The number of aromatic nitrogens is 1. The smallest absolute Gasteiger partial charge is 0.475 e. The summed E-state index contributed by atoms with van der Waals surface area (Å²) >= 11 is 6.06. The Bertz CT molecular complexity index is 1370. The van der Waals surface area contributed by atoms with Crippen molar-refractivity contribution in [1.29, 1.82) is 0 Å². The predicted molar refractivity (Wildman–Crippen MR) is 140 cm³/mol. The first kappa shape index (κ1) is 31.8. The molecule has 41 heavy (non-hydrogen) atoms. The topological polar surface area (TPSA) is 83.8 Å². The molecule has 0 saturated carbocycles. The fourth-order valence-corrected chi connectivity index (χ4v) is 4.59. The van der Waals surface area contributed by atoms with Crippen molar-refractivity contribution in [3.63, 3.8) is 0 Å². The van der Waals surface area contributed by atoms with Gasteiger partial charge in [-0.1, -0.05) is 36.4 Å². The molecule has 2 N–H and O–H groups in total. The van der Waals surface area contributed by atoms with E-state index in [1.807, 2.05) is 42.9 Å². The van der Waals surface area contributed by atoms with E-state index >= 15 is 0 Å². The molecule has 2 aromatic carbocycles. The molecule has 1 aliphatic heterocycles. The Balaban J connectivity index is 0.000000587. The largest absolute Gasteiger partial charge is 0.573 e. The quantitative estimate of drug-likeness (QED) is 0.243. The van der Waals surface area contributed by atoms with Crippen LogP contribution in [0.5, 0.6) is 5.75 Å². The fraction of sp³-hybridized carbons (Fsp3) is 0.333. The first-order valence-electron chi connectivity index (χ1n) is 12.1. The van der Waals surface area contributed by atoms with Crippen LogP contribution in [0, 0.1) is 0 Å². The Morgan fingerprint density at radius 1 is 1.07 bits per heavy atom. The Labute approximate surface area is 236 Å². The van der Waals surface area contributed by atoms with Crippen molar-refractivity contribution in [3.05, 3.63) is 65.9 Å². The fourth-order valence-electron chi connectivity index (χ4n) is 4.34. The van der Waals surface area contributed by atoms with E-state index in [0.717, 1.165) is 23.4 Å². The highest BCUT2D eigenvalue weighted by Gasteiger charge is 2.38. The third-order valence-electron chi connectivity index (χ3n) is 5.92. The molecule has 0 fully saturated rings. The highest BCUT2D eigenvalue weighted by atomic mass is 35.5. The SMILES string of the molecule is CN(C)Cc1ccc(-c2c(-c3cccc(OC(F)(F)F)c3)cc3n2C(CCCl)CNC3=O)cc1.O=C(O)C(F)(F)F. The number of alkyl halides is 7. The van der Waals surface area contributed by atoms with E-state index in [0.29, 0.717) is 35.7 Å².